The van der Waals surface area contributed by atoms with Crippen molar-refractivity contribution in [2.75, 3.05) is 0 Å². The first kappa shape index (κ1) is 16.0. The standard InChI is InChI=1S/C16H34N2/c1-4-5-6-7-8-9-16(18-17)15-11-10-13(2)14(3)12-15/h13-16,18H,4-12,17H2,1-3H3. The van der Waals surface area contributed by atoms with Crippen LogP contribution >= 0.6 is 0 Å². The van der Waals surface area contributed by atoms with E-state index in [0.29, 0.717) is 6.04 Å². The molecule has 1 aliphatic carbocycles. The van der Waals surface area contributed by atoms with Gasteiger partial charge in [-0.2, -0.15) is 0 Å². The van der Waals surface area contributed by atoms with Gasteiger partial charge in [0.2, 0.25) is 0 Å². The zero-order valence-electron chi connectivity index (χ0n) is 12.8. The molecule has 0 aliphatic heterocycles. The third-order valence-corrected chi connectivity index (χ3v) is 5.04. The highest BCUT2D eigenvalue weighted by Gasteiger charge is 2.29. The number of unbranched alkanes of at least 4 members (excludes halogenated alkanes) is 4. The Labute approximate surface area is 114 Å². The van der Waals surface area contributed by atoms with E-state index in [1.165, 1.54) is 57.8 Å². The highest BCUT2D eigenvalue weighted by atomic mass is 15.2. The lowest BCUT2D eigenvalue weighted by Crippen LogP contribution is -2.43. The average Bonchev–Trinajstić information content (AvgIpc) is 2.37. The molecule has 3 N–H and O–H groups in total. The maximum Gasteiger partial charge on any atom is 0.0238 e. The molecule has 0 aromatic rings. The molecular formula is C16H34N2. The van der Waals surface area contributed by atoms with Crippen LogP contribution in [0.5, 0.6) is 0 Å². The zero-order chi connectivity index (χ0) is 13.4. The summed E-state index contributed by atoms with van der Waals surface area (Å²) in [5.41, 5.74) is 3.10. The van der Waals surface area contributed by atoms with Gasteiger partial charge < -0.3 is 0 Å². The molecule has 1 saturated carbocycles. The van der Waals surface area contributed by atoms with E-state index in [-0.39, 0.29) is 0 Å². The molecule has 0 amide bonds. The van der Waals surface area contributed by atoms with Crippen LogP contribution in [-0.4, -0.2) is 6.04 Å². The minimum atomic E-state index is 0.557. The quantitative estimate of drug-likeness (QED) is 0.386. The molecule has 0 aromatic carbocycles. The SMILES string of the molecule is CCCCCCCC(NN)C1CCC(C)C(C)C1. The van der Waals surface area contributed by atoms with E-state index in [1.807, 2.05) is 0 Å². The summed E-state index contributed by atoms with van der Waals surface area (Å²) in [6.07, 6.45) is 12.2. The second-order valence-corrected chi connectivity index (χ2v) is 6.50. The van der Waals surface area contributed by atoms with Crippen molar-refractivity contribution in [1.29, 1.82) is 0 Å². The van der Waals surface area contributed by atoms with Crippen LogP contribution in [0, 0.1) is 17.8 Å². The molecule has 4 unspecified atom stereocenters. The van der Waals surface area contributed by atoms with Crippen LogP contribution in [0.25, 0.3) is 0 Å². The van der Waals surface area contributed by atoms with Crippen LogP contribution in [0.4, 0.5) is 0 Å². The van der Waals surface area contributed by atoms with Gasteiger partial charge in [0.15, 0.2) is 0 Å². The molecule has 2 nitrogen and oxygen atoms in total. The van der Waals surface area contributed by atoms with Crippen molar-refractivity contribution in [2.24, 2.45) is 23.6 Å². The zero-order valence-corrected chi connectivity index (χ0v) is 12.8. The smallest absolute Gasteiger partial charge is 0.0238 e. The molecule has 0 radical (unpaired) electrons. The Morgan fingerprint density at radius 2 is 1.78 bits per heavy atom. The average molecular weight is 254 g/mol. The van der Waals surface area contributed by atoms with Crippen molar-refractivity contribution in [1.82, 2.24) is 5.43 Å². The predicted molar refractivity (Wildman–Crippen MR) is 80.2 cm³/mol. The van der Waals surface area contributed by atoms with Crippen LogP contribution in [0.2, 0.25) is 0 Å². The van der Waals surface area contributed by atoms with Gasteiger partial charge in [-0.3, -0.25) is 11.3 Å². The first-order valence-electron chi connectivity index (χ1n) is 8.15. The van der Waals surface area contributed by atoms with Crippen molar-refractivity contribution in [2.45, 2.75) is 84.6 Å². The maximum absolute atomic E-state index is 5.77. The van der Waals surface area contributed by atoms with Crippen LogP contribution in [-0.2, 0) is 0 Å². The number of hydrogen-bond acceptors (Lipinski definition) is 2. The fourth-order valence-electron chi connectivity index (χ4n) is 3.38. The van der Waals surface area contributed by atoms with Crippen molar-refractivity contribution >= 4 is 0 Å². The third kappa shape index (κ3) is 5.27. The minimum Gasteiger partial charge on any atom is -0.271 e. The maximum atomic E-state index is 5.77. The van der Waals surface area contributed by atoms with Crippen molar-refractivity contribution in [3.05, 3.63) is 0 Å². The summed E-state index contributed by atoms with van der Waals surface area (Å²) in [6.45, 7) is 7.08. The van der Waals surface area contributed by atoms with Crippen LogP contribution in [0.3, 0.4) is 0 Å². The van der Waals surface area contributed by atoms with Gasteiger partial charge in [-0.05, 0) is 37.0 Å². The number of rotatable bonds is 8. The van der Waals surface area contributed by atoms with Gasteiger partial charge in [-0.15, -0.1) is 0 Å². The Balaban J connectivity index is 2.23. The number of hydrazine groups is 1. The van der Waals surface area contributed by atoms with Crippen molar-refractivity contribution < 1.29 is 0 Å². The van der Waals surface area contributed by atoms with Gasteiger partial charge in [0.05, 0.1) is 0 Å². The highest BCUT2D eigenvalue weighted by Crippen LogP contribution is 2.35. The van der Waals surface area contributed by atoms with E-state index < -0.39 is 0 Å². The molecule has 4 atom stereocenters. The Morgan fingerprint density at radius 1 is 1.06 bits per heavy atom. The molecule has 1 aliphatic rings. The summed E-state index contributed by atoms with van der Waals surface area (Å²) in [5, 5.41) is 0. The molecule has 0 bridgehead atoms. The van der Waals surface area contributed by atoms with Gasteiger partial charge in [0, 0.05) is 6.04 Å². The molecule has 1 rings (SSSR count). The van der Waals surface area contributed by atoms with Crippen molar-refractivity contribution in [3.63, 3.8) is 0 Å². The minimum absolute atomic E-state index is 0.557. The third-order valence-electron chi connectivity index (χ3n) is 5.04. The van der Waals surface area contributed by atoms with Crippen LogP contribution in [0.15, 0.2) is 0 Å². The topological polar surface area (TPSA) is 38.0 Å². The lowest BCUT2D eigenvalue weighted by atomic mass is 9.72. The van der Waals surface area contributed by atoms with Gasteiger partial charge in [0.25, 0.3) is 0 Å². The van der Waals surface area contributed by atoms with Crippen molar-refractivity contribution in [3.8, 4) is 0 Å². The summed E-state index contributed by atoms with van der Waals surface area (Å²) in [7, 11) is 0. The lowest BCUT2D eigenvalue weighted by Gasteiger charge is -2.36. The molecule has 0 heterocycles. The van der Waals surface area contributed by atoms with Crippen LogP contribution < -0.4 is 11.3 Å². The highest BCUT2D eigenvalue weighted by molar-refractivity contribution is 4.82. The Bertz CT molecular complexity index is 205. The van der Waals surface area contributed by atoms with E-state index in [2.05, 4.69) is 26.2 Å². The van der Waals surface area contributed by atoms with Gasteiger partial charge in [-0.25, -0.2) is 0 Å². The Kier molecular flexibility index (Phi) is 7.92. The number of nitrogens with one attached hydrogen (secondary N) is 1. The van der Waals surface area contributed by atoms with E-state index in [9.17, 15) is 0 Å². The second kappa shape index (κ2) is 8.92. The number of hydrogen-bond donors (Lipinski definition) is 2. The Hall–Kier alpha value is -0.0800. The molecule has 1 fully saturated rings. The normalized spacial score (nSPS) is 30.3. The fraction of sp³-hybridized carbons (Fsp3) is 1.00. The summed E-state index contributed by atoms with van der Waals surface area (Å²) in [5.74, 6) is 8.37. The second-order valence-electron chi connectivity index (χ2n) is 6.50. The summed E-state index contributed by atoms with van der Waals surface area (Å²) < 4.78 is 0. The lowest BCUT2D eigenvalue weighted by molar-refractivity contribution is 0.165. The molecule has 2 heteroatoms. The first-order valence-corrected chi connectivity index (χ1v) is 8.15. The Morgan fingerprint density at radius 3 is 2.39 bits per heavy atom. The predicted octanol–water partition coefficient (Wildman–Crippen LogP) is 4.25. The summed E-state index contributed by atoms with van der Waals surface area (Å²) in [6, 6.07) is 0.557. The molecular weight excluding hydrogens is 220 g/mol. The molecule has 18 heavy (non-hydrogen) atoms. The first-order chi connectivity index (χ1) is 8.69. The largest absolute Gasteiger partial charge is 0.271 e. The van der Waals surface area contributed by atoms with E-state index >= 15 is 0 Å². The molecule has 108 valence electrons. The van der Waals surface area contributed by atoms with Crippen LogP contribution in [0.1, 0.15) is 78.6 Å². The molecule has 0 aromatic heterocycles. The van der Waals surface area contributed by atoms with E-state index in [1.54, 1.807) is 0 Å². The number of nitrogens with two attached hydrogens (primary N) is 1. The van der Waals surface area contributed by atoms with Gasteiger partial charge in [0.1, 0.15) is 0 Å². The van der Waals surface area contributed by atoms with Gasteiger partial charge >= 0.3 is 0 Å². The molecule has 0 saturated heterocycles. The summed E-state index contributed by atoms with van der Waals surface area (Å²) >= 11 is 0. The monoisotopic (exact) mass is 254 g/mol. The summed E-state index contributed by atoms with van der Waals surface area (Å²) in [4.78, 5) is 0. The fourth-order valence-corrected chi connectivity index (χ4v) is 3.38. The molecule has 0 spiro atoms. The van der Waals surface area contributed by atoms with Gasteiger partial charge in [-0.1, -0.05) is 59.3 Å². The van der Waals surface area contributed by atoms with E-state index in [0.717, 1.165) is 17.8 Å². The van der Waals surface area contributed by atoms with E-state index in [4.69, 9.17) is 5.84 Å².